The van der Waals surface area contributed by atoms with Crippen molar-refractivity contribution in [3.63, 3.8) is 0 Å². The molecule has 0 saturated carbocycles. The maximum absolute atomic E-state index is 12.8. The number of carbonyl (C=O) groups excluding carboxylic acids is 3. The van der Waals surface area contributed by atoms with Gasteiger partial charge < -0.3 is 14.2 Å². The molecule has 0 aliphatic carbocycles. The van der Waals surface area contributed by atoms with Gasteiger partial charge in [-0.25, -0.2) is 0 Å². The first-order valence-electron chi connectivity index (χ1n) is 34.3. The van der Waals surface area contributed by atoms with Crippen LogP contribution in [0.15, 0.2) is 60.8 Å². The van der Waals surface area contributed by atoms with Crippen LogP contribution in [0.3, 0.4) is 0 Å². The Morgan fingerprint density at radius 3 is 0.731 bits per heavy atom. The first-order valence-corrected chi connectivity index (χ1v) is 34.3. The van der Waals surface area contributed by atoms with Gasteiger partial charge in [-0.1, -0.05) is 358 Å². The summed E-state index contributed by atoms with van der Waals surface area (Å²) in [6.45, 7) is 6.49. The molecule has 0 spiro atoms. The summed E-state index contributed by atoms with van der Waals surface area (Å²) in [5.41, 5.74) is 0. The molecular weight excluding hydrogens is 961 g/mol. The van der Waals surface area contributed by atoms with Crippen LogP contribution in [-0.2, 0) is 28.6 Å². The minimum Gasteiger partial charge on any atom is -0.462 e. The zero-order valence-corrected chi connectivity index (χ0v) is 52.2. The highest BCUT2D eigenvalue weighted by molar-refractivity contribution is 5.72. The summed E-state index contributed by atoms with van der Waals surface area (Å²) in [5.74, 6) is -1.02. The molecule has 0 aromatic heterocycles. The predicted octanol–water partition coefficient (Wildman–Crippen LogP) is 23.5. The number of esters is 3. The van der Waals surface area contributed by atoms with Crippen LogP contribution in [0, 0.1) is 0 Å². The Kier molecular flexibility index (Phi) is 64.2. The van der Waals surface area contributed by atoms with Crippen LogP contribution in [0.25, 0.3) is 0 Å². The summed E-state index contributed by atoms with van der Waals surface area (Å²) in [7, 11) is 0. The van der Waals surface area contributed by atoms with Crippen molar-refractivity contribution in [2.24, 2.45) is 0 Å². The van der Waals surface area contributed by atoms with E-state index >= 15 is 0 Å². The minimum absolute atomic E-state index is 0.102. The number of allylic oxidation sites excluding steroid dienone is 9. The smallest absolute Gasteiger partial charge is 0.310 e. The SMILES string of the molecule is CC/C=C\C/C=C\C/C=C\C/C=C\C/C=C\CC(=O)OC(COC(=O)CCCCCCCCCCCCCCC)COC(=O)CCCCCCCCCCCCCCCCCCCCCCCCCCCCCCCCCC. The lowest BCUT2D eigenvalue weighted by molar-refractivity contribution is -0.166. The Balaban J connectivity index is 4.15. The van der Waals surface area contributed by atoms with Crippen molar-refractivity contribution in [3.05, 3.63) is 60.8 Å². The van der Waals surface area contributed by atoms with Crippen LogP contribution in [0.4, 0.5) is 0 Å². The number of carbonyl (C=O) groups is 3. The second kappa shape index (κ2) is 66.6. The Hall–Kier alpha value is -2.89. The fourth-order valence-corrected chi connectivity index (χ4v) is 10.2. The lowest BCUT2D eigenvalue weighted by Gasteiger charge is -2.18. The highest BCUT2D eigenvalue weighted by atomic mass is 16.6. The Morgan fingerprint density at radius 2 is 0.487 bits per heavy atom. The van der Waals surface area contributed by atoms with E-state index in [9.17, 15) is 14.4 Å². The fourth-order valence-electron chi connectivity index (χ4n) is 10.2. The van der Waals surface area contributed by atoms with E-state index in [1.165, 1.54) is 250 Å². The van der Waals surface area contributed by atoms with Gasteiger partial charge in [0, 0.05) is 12.8 Å². The van der Waals surface area contributed by atoms with Crippen LogP contribution in [0.5, 0.6) is 0 Å². The molecule has 1 atom stereocenters. The molecule has 6 nitrogen and oxygen atoms in total. The predicted molar refractivity (Wildman–Crippen MR) is 339 cm³/mol. The minimum atomic E-state index is -0.826. The summed E-state index contributed by atoms with van der Waals surface area (Å²) in [6, 6.07) is 0. The molecule has 0 aromatic rings. The third-order valence-electron chi connectivity index (χ3n) is 15.3. The molecule has 6 heteroatoms. The molecule has 78 heavy (non-hydrogen) atoms. The average molecular weight is 1090 g/mol. The number of ether oxygens (including phenoxy) is 3. The van der Waals surface area contributed by atoms with E-state index in [0.717, 1.165) is 70.6 Å². The molecule has 0 aliphatic rings. The highest BCUT2D eigenvalue weighted by Crippen LogP contribution is 2.18. The average Bonchev–Trinajstić information content (AvgIpc) is 3.44. The van der Waals surface area contributed by atoms with Crippen molar-refractivity contribution < 1.29 is 28.6 Å². The van der Waals surface area contributed by atoms with Gasteiger partial charge in [0.05, 0.1) is 6.42 Å². The first-order chi connectivity index (χ1) is 38.5. The van der Waals surface area contributed by atoms with Gasteiger partial charge in [-0.15, -0.1) is 0 Å². The van der Waals surface area contributed by atoms with Gasteiger partial charge >= 0.3 is 17.9 Å². The summed E-state index contributed by atoms with van der Waals surface area (Å²) < 4.78 is 16.8. The molecule has 0 fully saturated rings. The summed E-state index contributed by atoms with van der Waals surface area (Å²) >= 11 is 0. The van der Waals surface area contributed by atoms with Gasteiger partial charge in [-0.2, -0.15) is 0 Å². The standard InChI is InChI=1S/C72H130O6/c1-4-7-10-13-16-19-22-25-27-28-29-30-31-32-33-34-35-36-37-38-39-40-41-42-43-45-47-50-53-56-59-62-65-71(74)77-68-69(67-76-70(73)64-61-58-55-52-49-46-24-21-18-15-12-9-6-3)78-72(75)66-63-60-57-54-51-48-44-26-23-20-17-14-11-8-5-2/h8,11,17,20,26,44,51,54,60,63,69H,4-7,9-10,12-16,18-19,21-25,27-43,45-50,52-53,55-59,61-62,64-68H2,1-3H3/b11-8-,20-17-,44-26-,54-51-,63-60-. The number of hydrogen-bond donors (Lipinski definition) is 0. The monoisotopic (exact) mass is 1090 g/mol. The van der Waals surface area contributed by atoms with Crippen molar-refractivity contribution in [2.45, 2.75) is 367 Å². The molecule has 0 N–H and O–H groups in total. The largest absolute Gasteiger partial charge is 0.462 e. The third kappa shape index (κ3) is 63.9. The molecule has 0 heterocycles. The normalized spacial score (nSPS) is 12.4. The lowest BCUT2D eigenvalue weighted by atomic mass is 10.0. The van der Waals surface area contributed by atoms with E-state index in [-0.39, 0.29) is 31.6 Å². The summed E-state index contributed by atoms with van der Waals surface area (Å²) in [5, 5.41) is 0. The van der Waals surface area contributed by atoms with E-state index in [2.05, 4.69) is 69.4 Å². The van der Waals surface area contributed by atoms with Gasteiger partial charge in [0.1, 0.15) is 13.2 Å². The van der Waals surface area contributed by atoms with E-state index < -0.39 is 12.1 Å². The molecule has 0 amide bonds. The van der Waals surface area contributed by atoms with Gasteiger partial charge in [0.25, 0.3) is 0 Å². The van der Waals surface area contributed by atoms with Crippen molar-refractivity contribution in [1.82, 2.24) is 0 Å². The second-order valence-corrected chi connectivity index (χ2v) is 23.1. The van der Waals surface area contributed by atoms with Crippen LogP contribution >= 0.6 is 0 Å². The topological polar surface area (TPSA) is 78.9 Å². The molecule has 0 aromatic carbocycles. The molecule has 454 valence electrons. The van der Waals surface area contributed by atoms with Crippen LogP contribution in [0.2, 0.25) is 0 Å². The Morgan fingerprint density at radius 1 is 0.269 bits per heavy atom. The highest BCUT2D eigenvalue weighted by Gasteiger charge is 2.19. The van der Waals surface area contributed by atoms with Gasteiger partial charge in [0.2, 0.25) is 0 Å². The molecule has 0 saturated heterocycles. The van der Waals surface area contributed by atoms with Crippen LogP contribution in [-0.4, -0.2) is 37.2 Å². The molecule has 1 unspecified atom stereocenters. The summed E-state index contributed by atoms with van der Waals surface area (Å²) in [6.07, 6.45) is 85.9. The quantitative estimate of drug-likeness (QED) is 0.0261. The van der Waals surface area contributed by atoms with Gasteiger partial charge in [-0.3, -0.25) is 14.4 Å². The number of hydrogen-bond acceptors (Lipinski definition) is 6. The summed E-state index contributed by atoms with van der Waals surface area (Å²) in [4.78, 5) is 38.2. The zero-order valence-electron chi connectivity index (χ0n) is 52.2. The van der Waals surface area contributed by atoms with E-state index in [1.807, 2.05) is 6.08 Å². The van der Waals surface area contributed by atoms with Crippen molar-refractivity contribution in [3.8, 4) is 0 Å². The van der Waals surface area contributed by atoms with Gasteiger partial charge in [-0.05, 0) is 44.9 Å². The fraction of sp³-hybridized carbons (Fsp3) is 0.819. The van der Waals surface area contributed by atoms with E-state index in [1.54, 1.807) is 6.08 Å². The number of unbranched alkanes of at least 4 members (excludes halogenated alkanes) is 43. The van der Waals surface area contributed by atoms with Crippen molar-refractivity contribution >= 4 is 17.9 Å². The Labute approximate surface area is 485 Å². The maximum Gasteiger partial charge on any atom is 0.310 e. The first kappa shape index (κ1) is 75.1. The van der Waals surface area contributed by atoms with Crippen LogP contribution in [0.1, 0.15) is 361 Å². The molecule has 0 radical (unpaired) electrons. The zero-order chi connectivity index (χ0) is 56.4. The van der Waals surface area contributed by atoms with Crippen molar-refractivity contribution in [2.75, 3.05) is 13.2 Å². The molecule has 0 bridgehead atoms. The third-order valence-corrected chi connectivity index (χ3v) is 15.3. The lowest BCUT2D eigenvalue weighted by Crippen LogP contribution is -2.30. The second-order valence-electron chi connectivity index (χ2n) is 23.1. The molecule has 0 aliphatic heterocycles. The molecular formula is C72H130O6. The van der Waals surface area contributed by atoms with Gasteiger partial charge in [0.15, 0.2) is 6.10 Å². The van der Waals surface area contributed by atoms with Crippen LogP contribution < -0.4 is 0 Å². The van der Waals surface area contributed by atoms with E-state index in [4.69, 9.17) is 14.2 Å². The Bertz CT molecular complexity index is 1390. The van der Waals surface area contributed by atoms with Crippen molar-refractivity contribution in [1.29, 1.82) is 0 Å². The molecule has 0 rings (SSSR count). The van der Waals surface area contributed by atoms with E-state index in [0.29, 0.717) is 12.8 Å². The maximum atomic E-state index is 12.8. The number of rotatable bonds is 63.